The monoisotopic (exact) mass is 431 g/mol. The van der Waals surface area contributed by atoms with Crippen molar-refractivity contribution >= 4 is 34.1 Å². The first kappa shape index (κ1) is 21.8. The van der Waals surface area contributed by atoms with Gasteiger partial charge in [-0.1, -0.05) is 29.8 Å². The van der Waals surface area contributed by atoms with Crippen molar-refractivity contribution in [3.63, 3.8) is 0 Å². The van der Waals surface area contributed by atoms with Gasteiger partial charge in [-0.25, -0.2) is 9.18 Å². The number of methoxy groups -OCH3 is 1. The van der Waals surface area contributed by atoms with Crippen LogP contribution in [0.2, 0.25) is 5.02 Å². The first-order chi connectivity index (χ1) is 14.3. The van der Waals surface area contributed by atoms with Crippen LogP contribution in [-0.4, -0.2) is 36.3 Å². The number of aromatic nitrogens is 1. The Kier molecular flexibility index (Phi) is 6.74. The molecule has 0 aliphatic heterocycles. The lowest BCUT2D eigenvalue weighted by atomic mass is 10.0. The van der Waals surface area contributed by atoms with Crippen LogP contribution >= 0.6 is 11.6 Å². The van der Waals surface area contributed by atoms with Gasteiger partial charge in [-0.05, 0) is 42.1 Å². The number of benzene rings is 2. The fourth-order valence-corrected chi connectivity index (χ4v) is 3.41. The zero-order valence-corrected chi connectivity index (χ0v) is 17.7. The minimum Gasteiger partial charge on any atom is -0.383 e. The van der Waals surface area contributed by atoms with E-state index in [4.69, 9.17) is 16.3 Å². The normalized spacial score (nSPS) is 12.0. The van der Waals surface area contributed by atoms with Gasteiger partial charge in [-0.2, -0.15) is 0 Å². The van der Waals surface area contributed by atoms with Crippen molar-refractivity contribution < 1.29 is 13.9 Å². The van der Waals surface area contributed by atoms with E-state index in [1.165, 1.54) is 23.1 Å². The predicted octanol–water partition coefficient (Wildman–Crippen LogP) is 4.67. The molecule has 1 atom stereocenters. The molecule has 30 heavy (non-hydrogen) atoms. The van der Waals surface area contributed by atoms with Crippen molar-refractivity contribution in [2.75, 3.05) is 26.1 Å². The summed E-state index contributed by atoms with van der Waals surface area (Å²) in [5, 5.41) is 4.01. The van der Waals surface area contributed by atoms with E-state index in [0.717, 1.165) is 10.9 Å². The van der Waals surface area contributed by atoms with Gasteiger partial charge in [-0.3, -0.25) is 4.79 Å². The van der Waals surface area contributed by atoms with Gasteiger partial charge in [0, 0.05) is 38.0 Å². The Balaban J connectivity index is 1.93. The number of nitrogens with zero attached hydrogens (tertiary/aromatic N) is 2. The molecule has 0 aliphatic carbocycles. The molecule has 6 nitrogen and oxygen atoms in total. The molecular formula is C22H23ClFN3O3. The molecule has 0 saturated heterocycles. The summed E-state index contributed by atoms with van der Waals surface area (Å²) in [6.07, 6.45) is 1.77. The molecule has 0 unspecified atom stereocenters. The van der Waals surface area contributed by atoms with Crippen molar-refractivity contribution in [3.05, 3.63) is 75.4 Å². The Hall–Kier alpha value is -2.90. The molecule has 0 bridgehead atoms. The highest BCUT2D eigenvalue weighted by molar-refractivity contribution is 6.31. The van der Waals surface area contributed by atoms with E-state index in [1.807, 2.05) is 25.1 Å². The highest BCUT2D eigenvalue weighted by Crippen LogP contribution is 2.27. The fraction of sp³-hybridized carbons (Fsp3) is 0.273. The molecule has 0 fully saturated rings. The summed E-state index contributed by atoms with van der Waals surface area (Å²) in [7, 11) is 3.24. The van der Waals surface area contributed by atoms with Crippen molar-refractivity contribution in [2.24, 2.45) is 0 Å². The minimum atomic E-state index is -0.554. The number of nitrogens with one attached hydrogen (secondary N) is 1. The fourth-order valence-electron chi connectivity index (χ4n) is 3.23. The second kappa shape index (κ2) is 9.28. The molecule has 0 aliphatic rings. The number of amides is 2. The van der Waals surface area contributed by atoms with Gasteiger partial charge in [0.2, 0.25) is 0 Å². The van der Waals surface area contributed by atoms with Crippen molar-refractivity contribution in [1.29, 1.82) is 0 Å². The highest BCUT2D eigenvalue weighted by atomic mass is 35.5. The Morgan fingerprint density at radius 1 is 1.27 bits per heavy atom. The van der Waals surface area contributed by atoms with Crippen LogP contribution < -0.4 is 10.9 Å². The molecule has 3 aromatic rings. The van der Waals surface area contributed by atoms with Gasteiger partial charge in [0.25, 0.3) is 5.56 Å². The zero-order chi connectivity index (χ0) is 21.8. The molecule has 3 rings (SSSR count). The number of carbonyl (C=O) groups is 1. The Morgan fingerprint density at radius 3 is 2.63 bits per heavy atom. The number of urea groups is 1. The average molecular weight is 432 g/mol. The van der Waals surface area contributed by atoms with Crippen molar-refractivity contribution in [2.45, 2.75) is 19.5 Å². The maximum atomic E-state index is 13.4. The van der Waals surface area contributed by atoms with E-state index in [2.05, 4.69) is 5.32 Å². The third kappa shape index (κ3) is 4.47. The van der Waals surface area contributed by atoms with Crippen LogP contribution in [0.4, 0.5) is 14.9 Å². The van der Waals surface area contributed by atoms with E-state index in [-0.39, 0.29) is 22.7 Å². The van der Waals surface area contributed by atoms with Crippen LogP contribution in [0.5, 0.6) is 0 Å². The molecule has 0 saturated carbocycles. The molecule has 1 heterocycles. The summed E-state index contributed by atoms with van der Waals surface area (Å²) in [6, 6.07) is 10.6. The van der Waals surface area contributed by atoms with E-state index in [9.17, 15) is 14.0 Å². The number of anilines is 1. The topological polar surface area (TPSA) is 63.6 Å². The standard InChI is InChI=1S/C22H23ClFN3O3/c1-14(26(2)22(29)25-15-8-9-20(24)19(23)12-15)18-13-27(10-11-30-3)21(28)17-7-5-4-6-16(17)18/h4-9,12-14H,10-11H2,1-3H3,(H,25,29)/t14-/m1/s1. The van der Waals surface area contributed by atoms with Gasteiger partial charge in [-0.15, -0.1) is 0 Å². The molecule has 0 spiro atoms. The number of halogens is 2. The van der Waals surface area contributed by atoms with Crippen LogP contribution in [0.3, 0.4) is 0 Å². The highest BCUT2D eigenvalue weighted by Gasteiger charge is 2.21. The third-order valence-corrected chi connectivity index (χ3v) is 5.37. The van der Waals surface area contributed by atoms with E-state index >= 15 is 0 Å². The number of fused-ring (bicyclic) bond motifs is 1. The second-order valence-electron chi connectivity index (χ2n) is 6.97. The number of pyridine rings is 1. The van der Waals surface area contributed by atoms with E-state index < -0.39 is 5.82 Å². The molecular weight excluding hydrogens is 409 g/mol. The van der Waals surface area contributed by atoms with Crippen LogP contribution in [0, 0.1) is 5.82 Å². The quantitative estimate of drug-likeness (QED) is 0.617. The second-order valence-corrected chi connectivity index (χ2v) is 7.37. The molecule has 158 valence electrons. The van der Waals surface area contributed by atoms with Crippen LogP contribution in [0.25, 0.3) is 10.8 Å². The molecule has 2 aromatic carbocycles. The minimum absolute atomic E-state index is 0.0697. The van der Waals surface area contributed by atoms with Gasteiger partial charge in [0.1, 0.15) is 5.82 Å². The number of hydrogen-bond donors (Lipinski definition) is 1. The molecule has 2 amide bonds. The van der Waals surface area contributed by atoms with Gasteiger partial charge >= 0.3 is 6.03 Å². The summed E-state index contributed by atoms with van der Waals surface area (Å²) in [5.41, 5.74) is 1.11. The largest absolute Gasteiger partial charge is 0.383 e. The molecule has 8 heteroatoms. The first-order valence-corrected chi connectivity index (χ1v) is 9.81. The van der Waals surface area contributed by atoms with Gasteiger partial charge in [0.05, 0.1) is 17.7 Å². The summed E-state index contributed by atoms with van der Waals surface area (Å²) in [4.78, 5) is 27.1. The van der Waals surface area contributed by atoms with Crippen molar-refractivity contribution in [3.8, 4) is 0 Å². The van der Waals surface area contributed by atoms with Gasteiger partial charge < -0.3 is 19.5 Å². The summed E-state index contributed by atoms with van der Waals surface area (Å²) in [5.74, 6) is -0.554. The molecule has 1 N–H and O–H groups in total. The number of ether oxygens (including phenoxy) is 1. The summed E-state index contributed by atoms with van der Waals surface area (Å²) < 4.78 is 20.1. The van der Waals surface area contributed by atoms with Crippen LogP contribution in [0.1, 0.15) is 18.5 Å². The molecule has 1 aromatic heterocycles. The number of hydrogen-bond acceptors (Lipinski definition) is 3. The first-order valence-electron chi connectivity index (χ1n) is 9.43. The smallest absolute Gasteiger partial charge is 0.322 e. The maximum absolute atomic E-state index is 13.4. The Morgan fingerprint density at radius 2 is 1.97 bits per heavy atom. The molecule has 0 radical (unpaired) electrons. The van der Waals surface area contributed by atoms with Crippen LogP contribution in [-0.2, 0) is 11.3 Å². The summed E-state index contributed by atoms with van der Waals surface area (Å²) >= 11 is 5.79. The average Bonchev–Trinajstić information content (AvgIpc) is 2.75. The summed E-state index contributed by atoms with van der Waals surface area (Å²) in [6.45, 7) is 2.68. The Bertz CT molecular complexity index is 1130. The Labute approximate surface area is 178 Å². The third-order valence-electron chi connectivity index (χ3n) is 5.08. The number of rotatable bonds is 6. The van der Waals surface area contributed by atoms with E-state index in [0.29, 0.717) is 24.2 Å². The van der Waals surface area contributed by atoms with E-state index in [1.54, 1.807) is 31.0 Å². The number of carbonyl (C=O) groups excluding carboxylic acids is 1. The van der Waals surface area contributed by atoms with Gasteiger partial charge in [0.15, 0.2) is 0 Å². The SMILES string of the molecule is COCCn1cc([C@@H](C)N(C)C(=O)Nc2ccc(F)c(Cl)c2)c2ccccc2c1=O. The van der Waals surface area contributed by atoms with Crippen molar-refractivity contribution in [1.82, 2.24) is 9.47 Å². The van der Waals surface area contributed by atoms with Crippen LogP contribution in [0.15, 0.2) is 53.5 Å². The maximum Gasteiger partial charge on any atom is 0.322 e. The zero-order valence-electron chi connectivity index (χ0n) is 17.0. The lowest BCUT2D eigenvalue weighted by Gasteiger charge is -2.27. The predicted molar refractivity (Wildman–Crippen MR) is 117 cm³/mol. The lowest BCUT2D eigenvalue weighted by Crippen LogP contribution is -2.34. The lowest BCUT2D eigenvalue weighted by molar-refractivity contribution is 0.186.